The van der Waals surface area contributed by atoms with E-state index in [0.29, 0.717) is 12.3 Å². The van der Waals surface area contributed by atoms with Crippen LogP contribution in [0.5, 0.6) is 0 Å². The molecule has 0 aromatic heterocycles. The highest BCUT2D eigenvalue weighted by molar-refractivity contribution is 7.73. The molecule has 4 nitrogen and oxygen atoms in total. The molecule has 33 heavy (non-hydrogen) atoms. The van der Waals surface area contributed by atoms with Crippen molar-refractivity contribution in [3.8, 4) is 0 Å². The number of benzene rings is 2. The lowest BCUT2D eigenvalue weighted by Crippen LogP contribution is -2.38. The van der Waals surface area contributed by atoms with Crippen LogP contribution < -0.4 is 10.6 Å². The highest BCUT2D eigenvalue weighted by Crippen LogP contribution is 2.61. The van der Waals surface area contributed by atoms with Crippen LogP contribution >= 0.6 is 14.3 Å². The molecule has 0 amide bonds. The molecule has 4 atom stereocenters. The van der Waals surface area contributed by atoms with Crippen molar-refractivity contribution in [1.82, 2.24) is 0 Å². The molecule has 0 radical (unpaired) electrons. The van der Waals surface area contributed by atoms with Crippen molar-refractivity contribution >= 4 is 24.9 Å². The van der Waals surface area contributed by atoms with Gasteiger partial charge in [-0.15, -0.1) is 0 Å². The molecule has 1 heterocycles. The second-order valence-corrected chi connectivity index (χ2v) is 19.0. The first-order chi connectivity index (χ1) is 15.1. The Kier molecular flexibility index (Phi) is 7.30. The molecular weight excluding hydrogens is 450 g/mol. The summed E-state index contributed by atoms with van der Waals surface area (Å²) in [5, 5.41) is 0.822. The van der Waals surface area contributed by atoms with Crippen LogP contribution in [0.4, 0.5) is 0 Å². The Bertz CT molecular complexity index is 950. The van der Waals surface area contributed by atoms with E-state index in [1.54, 1.807) is 0 Å². The first-order valence-electron chi connectivity index (χ1n) is 11.7. The van der Waals surface area contributed by atoms with Gasteiger partial charge in [-0.05, 0) is 13.8 Å². The van der Waals surface area contributed by atoms with Crippen molar-refractivity contribution in [1.29, 1.82) is 0 Å². The zero-order valence-corrected chi connectivity index (χ0v) is 23.2. The molecule has 182 valence electrons. The fourth-order valence-corrected chi connectivity index (χ4v) is 10.6. The van der Waals surface area contributed by atoms with Crippen molar-refractivity contribution in [3.63, 3.8) is 0 Å². The SMILES string of the molecule is CC1(C)O[C@@H](C[P@](=O)(c2ccccc2)C(C)(C)C)[C@H](C[P@](=O)(c2ccccc2)C(C)(C)C)O1. The monoisotopic (exact) mass is 490 g/mol. The number of ether oxygens (including phenoxy) is 2. The van der Waals surface area contributed by atoms with Crippen molar-refractivity contribution in [2.75, 3.05) is 12.3 Å². The molecule has 0 saturated carbocycles. The summed E-state index contributed by atoms with van der Waals surface area (Å²) in [6.07, 6.45) is -0.115. The summed E-state index contributed by atoms with van der Waals surface area (Å²) in [6, 6.07) is 19.4. The molecule has 0 bridgehead atoms. The maximum Gasteiger partial charge on any atom is 0.163 e. The van der Waals surface area contributed by atoms with Crippen molar-refractivity contribution in [2.45, 2.75) is 83.7 Å². The smallest absolute Gasteiger partial charge is 0.163 e. The van der Waals surface area contributed by atoms with Gasteiger partial charge < -0.3 is 18.6 Å². The summed E-state index contributed by atoms with van der Waals surface area (Å²) in [5.41, 5.74) is 0. The van der Waals surface area contributed by atoms with Gasteiger partial charge in [-0.25, -0.2) is 0 Å². The second-order valence-electron chi connectivity index (χ2n) is 11.6. The van der Waals surface area contributed by atoms with Gasteiger partial charge in [0.15, 0.2) is 5.79 Å². The lowest BCUT2D eigenvalue weighted by molar-refractivity contribution is -0.142. The number of hydrogen-bond acceptors (Lipinski definition) is 4. The van der Waals surface area contributed by atoms with Crippen molar-refractivity contribution < 1.29 is 18.6 Å². The Morgan fingerprint density at radius 1 is 0.667 bits per heavy atom. The van der Waals surface area contributed by atoms with Gasteiger partial charge in [0.2, 0.25) is 0 Å². The van der Waals surface area contributed by atoms with Crippen LogP contribution in [0.2, 0.25) is 0 Å². The summed E-state index contributed by atoms with van der Waals surface area (Å²) in [4.78, 5) is 0. The van der Waals surface area contributed by atoms with Crippen molar-refractivity contribution in [2.24, 2.45) is 0 Å². The highest BCUT2D eigenvalue weighted by Gasteiger charge is 2.51. The largest absolute Gasteiger partial charge is 0.344 e. The van der Waals surface area contributed by atoms with E-state index in [1.165, 1.54) is 0 Å². The van der Waals surface area contributed by atoms with Crippen LogP contribution in [0.25, 0.3) is 0 Å². The van der Waals surface area contributed by atoms with Gasteiger partial charge in [0.05, 0.1) is 12.2 Å². The predicted octanol–water partition coefficient (Wildman–Crippen LogP) is 6.48. The molecule has 2 aromatic rings. The van der Waals surface area contributed by atoms with Crippen LogP contribution in [-0.4, -0.2) is 40.6 Å². The Balaban J connectivity index is 2.01. The average Bonchev–Trinajstić information content (AvgIpc) is 3.00. The molecule has 3 rings (SSSR count). The lowest BCUT2D eigenvalue weighted by Gasteiger charge is -2.36. The van der Waals surface area contributed by atoms with Crippen molar-refractivity contribution in [3.05, 3.63) is 60.7 Å². The molecule has 0 N–H and O–H groups in total. The fraction of sp³-hybridized carbons (Fsp3) is 0.556. The molecule has 0 unspecified atom stereocenters. The molecular formula is C27H40O4P2. The molecule has 1 saturated heterocycles. The number of rotatable bonds is 6. The third kappa shape index (κ3) is 5.40. The van der Waals surface area contributed by atoms with Gasteiger partial charge >= 0.3 is 0 Å². The summed E-state index contributed by atoms with van der Waals surface area (Å²) in [6.45, 7) is 15.9. The predicted molar refractivity (Wildman–Crippen MR) is 140 cm³/mol. The van der Waals surface area contributed by atoms with Crippen LogP contribution in [0.1, 0.15) is 55.4 Å². The zero-order valence-electron chi connectivity index (χ0n) is 21.4. The topological polar surface area (TPSA) is 52.6 Å². The lowest BCUT2D eigenvalue weighted by atomic mass is 10.2. The maximum atomic E-state index is 14.6. The van der Waals surface area contributed by atoms with Gasteiger partial charge in [-0.3, -0.25) is 0 Å². The summed E-state index contributed by atoms with van der Waals surface area (Å²) in [7, 11) is -5.74. The van der Waals surface area contributed by atoms with E-state index in [4.69, 9.17) is 9.47 Å². The van der Waals surface area contributed by atoms with E-state index in [-0.39, 0.29) is 0 Å². The van der Waals surface area contributed by atoms with E-state index in [2.05, 4.69) is 0 Å². The maximum absolute atomic E-state index is 14.6. The van der Waals surface area contributed by atoms with Gasteiger partial charge in [0, 0.05) is 33.2 Å². The molecule has 1 aliphatic rings. The fourth-order valence-electron chi connectivity index (χ4n) is 4.60. The normalized spacial score (nSPS) is 24.7. The minimum atomic E-state index is -2.87. The van der Waals surface area contributed by atoms with E-state index >= 15 is 0 Å². The second kappa shape index (κ2) is 9.12. The molecule has 1 fully saturated rings. The quantitative estimate of drug-likeness (QED) is 0.435. The zero-order chi connectivity index (χ0) is 24.7. The Morgan fingerprint density at radius 3 is 1.24 bits per heavy atom. The third-order valence-corrected chi connectivity index (χ3v) is 15.0. The summed E-state index contributed by atoms with van der Waals surface area (Å²) in [5.74, 6) is -0.825. The molecule has 0 spiro atoms. The van der Waals surface area contributed by atoms with Gasteiger partial charge in [0.1, 0.15) is 14.3 Å². The van der Waals surface area contributed by atoms with Gasteiger partial charge in [-0.2, -0.15) is 0 Å². The van der Waals surface area contributed by atoms with Crippen LogP contribution in [-0.2, 0) is 18.6 Å². The molecule has 2 aromatic carbocycles. The van der Waals surface area contributed by atoms with Crippen LogP contribution in [0, 0.1) is 0 Å². The Hall–Kier alpha value is -1.18. The average molecular weight is 491 g/mol. The highest BCUT2D eigenvalue weighted by atomic mass is 31.2. The summed E-state index contributed by atoms with van der Waals surface area (Å²) < 4.78 is 41.9. The molecule has 0 aliphatic carbocycles. The van der Waals surface area contributed by atoms with Crippen LogP contribution in [0.15, 0.2) is 60.7 Å². The summed E-state index contributed by atoms with van der Waals surface area (Å²) >= 11 is 0. The first kappa shape index (κ1) is 26.4. The minimum absolute atomic E-state index is 0.355. The third-order valence-electron chi connectivity index (χ3n) is 6.67. The van der Waals surface area contributed by atoms with E-state index < -0.39 is 42.6 Å². The van der Waals surface area contributed by atoms with E-state index in [9.17, 15) is 9.13 Å². The van der Waals surface area contributed by atoms with Crippen LogP contribution in [0.3, 0.4) is 0 Å². The molecule has 1 aliphatic heterocycles. The Labute approximate surface area is 200 Å². The molecule has 6 heteroatoms. The Morgan fingerprint density at radius 2 is 0.970 bits per heavy atom. The van der Waals surface area contributed by atoms with Gasteiger partial charge in [-0.1, -0.05) is 102 Å². The van der Waals surface area contributed by atoms with Gasteiger partial charge in [0.25, 0.3) is 0 Å². The first-order valence-corrected chi connectivity index (χ1v) is 15.5. The number of hydrogen-bond donors (Lipinski definition) is 0. The minimum Gasteiger partial charge on any atom is -0.344 e. The van der Waals surface area contributed by atoms with E-state index in [1.807, 2.05) is 116 Å². The standard InChI is InChI=1S/C27H40O4P2/c1-25(2,3)32(28,21-15-11-9-12-16-21)19-23-24(31-27(7,8)30-23)20-33(29,26(4,5)6)22-17-13-10-14-18-22/h9-18,23-24H,19-20H2,1-8H3/t23-,24-,32-,33-/m0/s1. The van der Waals surface area contributed by atoms with E-state index in [0.717, 1.165) is 10.6 Å².